The zero-order chi connectivity index (χ0) is 22.7. The molecule has 8 heteroatoms. The molecule has 0 spiro atoms. The highest BCUT2D eigenvalue weighted by molar-refractivity contribution is 6.10. The van der Waals surface area contributed by atoms with Gasteiger partial charge in [0, 0.05) is 19.1 Å². The van der Waals surface area contributed by atoms with Gasteiger partial charge in [-0.05, 0) is 48.2 Å². The minimum absolute atomic E-state index is 0.187. The predicted octanol–water partition coefficient (Wildman–Crippen LogP) is 2.77. The molecule has 3 N–H and O–H groups in total. The van der Waals surface area contributed by atoms with Gasteiger partial charge < -0.3 is 25.6 Å². The van der Waals surface area contributed by atoms with Crippen LogP contribution in [0, 0.1) is 0 Å². The Morgan fingerprint density at radius 1 is 1.22 bits per heavy atom. The first kappa shape index (κ1) is 21.4. The van der Waals surface area contributed by atoms with Crippen molar-refractivity contribution >= 4 is 23.5 Å². The zero-order valence-electron chi connectivity index (χ0n) is 17.9. The Labute approximate surface area is 186 Å². The van der Waals surface area contributed by atoms with Crippen molar-refractivity contribution in [3.8, 4) is 16.9 Å². The number of hydrogen-bond donors (Lipinski definition) is 3. The second-order valence-corrected chi connectivity index (χ2v) is 7.86. The van der Waals surface area contributed by atoms with Crippen LogP contribution >= 0.6 is 0 Å². The van der Waals surface area contributed by atoms with Gasteiger partial charge >= 0.3 is 6.03 Å². The van der Waals surface area contributed by atoms with Gasteiger partial charge in [0.2, 0.25) is 5.91 Å². The number of urea groups is 1. The Morgan fingerprint density at radius 2 is 1.97 bits per heavy atom. The van der Waals surface area contributed by atoms with Crippen LogP contribution in [-0.2, 0) is 4.79 Å². The standard InChI is InChI=1S/C24H26N4O4/c1-3-11-25-24(31)26-17-10-12-28-21(14-17)22(29)27-20-9-6-16(13-19(20)23(28)30)15-4-7-18(32-2)8-5-15/h3-9,13,17,21H,1,10-12,14H2,2H3,(H,27,29)(H2,25,26,31)/t17-,21-/m0/s1. The van der Waals surface area contributed by atoms with E-state index in [-0.39, 0.29) is 23.9 Å². The van der Waals surface area contributed by atoms with Gasteiger partial charge in [-0.15, -0.1) is 6.58 Å². The van der Waals surface area contributed by atoms with Gasteiger partial charge in [0.05, 0.1) is 18.4 Å². The number of carbonyl (C=O) groups is 3. The second-order valence-electron chi connectivity index (χ2n) is 7.86. The molecular formula is C24H26N4O4. The van der Waals surface area contributed by atoms with E-state index in [1.165, 1.54) is 0 Å². The van der Waals surface area contributed by atoms with Crippen molar-refractivity contribution in [1.82, 2.24) is 15.5 Å². The van der Waals surface area contributed by atoms with Crippen molar-refractivity contribution < 1.29 is 19.1 Å². The third kappa shape index (κ3) is 4.30. The molecule has 32 heavy (non-hydrogen) atoms. The Morgan fingerprint density at radius 3 is 2.69 bits per heavy atom. The summed E-state index contributed by atoms with van der Waals surface area (Å²) in [7, 11) is 1.61. The number of fused-ring (bicyclic) bond motifs is 2. The topological polar surface area (TPSA) is 99.8 Å². The number of ether oxygens (including phenoxy) is 1. The Balaban J connectivity index is 1.55. The maximum Gasteiger partial charge on any atom is 0.315 e. The van der Waals surface area contributed by atoms with Crippen LogP contribution in [0.2, 0.25) is 0 Å². The first-order chi connectivity index (χ1) is 15.5. The van der Waals surface area contributed by atoms with Crippen molar-refractivity contribution in [1.29, 1.82) is 0 Å². The number of rotatable bonds is 5. The van der Waals surface area contributed by atoms with E-state index in [2.05, 4.69) is 22.5 Å². The molecular weight excluding hydrogens is 408 g/mol. The summed E-state index contributed by atoms with van der Waals surface area (Å²) < 4.78 is 5.21. The molecule has 0 unspecified atom stereocenters. The molecule has 4 amide bonds. The van der Waals surface area contributed by atoms with Crippen LogP contribution in [-0.4, -0.2) is 55.0 Å². The fraction of sp³-hybridized carbons (Fsp3) is 0.292. The molecule has 166 valence electrons. The average molecular weight is 434 g/mol. The lowest BCUT2D eigenvalue weighted by atomic mass is 9.96. The maximum absolute atomic E-state index is 13.4. The molecule has 1 saturated heterocycles. The molecule has 4 rings (SSSR count). The minimum Gasteiger partial charge on any atom is -0.497 e. The van der Waals surface area contributed by atoms with Crippen LogP contribution in [0.5, 0.6) is 5.75 Å². The average Bonchev–Trinajstić information content (AvgIpc) is 2.92. The van der Waals surface area contributed by atoms with Gasteiger partial charge in [-0.2, -0.15) is 0 Å². The van der Waals surface area contributed by atoms with Gasteiger partial charge in [0.25, 0.3) is 5.91 Å². The van der Waals surface area contributed by atoms with Gasteiger partial charge in [-0.1, -0.05) is 24.3 Å². The Kier molecular flexibility index (Phi) is 6.11. The molecule has 0 radical (unpaired) electrons. The number of anilines is 1. The number of amides is 4. The molecule has 0 saturated carbocycles. The summed E-state index contributed by atoms with van der Waals surface area (Å²) in [5.41, 5.74) is 2.79. The third-order valence-corrected chi connectivity index (χ3v) is 5.84. The van der Waals surface area contributed by atoms with E-state index in [4.69, 9.17) is 4.74 Å². The fourth-order valence-electron chi connectivity index (χ4n) is 4.15. The van der Waals surface area contributed by atoms with Crippen molar-refractivity contribution in [2.24, 2.45) is 0 Å². The van der Waals surface area contributed by atoms with Crippen LogP contribution in [0.3, 0.4) is 0 Å². The largest absolute Gasteiger partial charge is 0.497 e. The van der Waals surface area contributed by atoms with Crippen molar-refractivity contribution in [2.45, 2.75) is 24.9 Å². The van der Waals surface area contributed by atoms with E-state index in [0.29, 0.717) is 37.2 Å². The lowest BCUT2D eigenvalue weighted by Gasteiger charge is -2.37. The summed E-state index contributed by atoms with van der Waals surface area (Å²) in [5, 5.41) is 8.44. The lowest BCUT2D eigenvalue weighted by molar-refractivity contribution is -0.121. The normalized spacial score (nSPS) is 19.7. The summed E-state index contributed by atoms with van der Waals surface area (Å²) in [5.74, 6) is 0.324. The first-order valence-corrected chi connectivity index (χ1v) is 10.6. The van der Waals surface area contributed by atoms with E-state index < -0.39 is 6.04 Å². The predicted molar refractivity (Wildman–Crippen MR) is 122 cm³/mol. The van der Waals surface area contributed by atoms with Crippen LogP contribution in [0.25, 0.3) is 11.1 Å². The molecule has 0 bridgehead atoms. The summed E-state index contributed by atoms with van der Waals surface area (Å²) in [4.78, 5) is 39.9. The number of carbonyl (C=O) groups excluding carboxylic acids is 3. The van der Waals surface area contributed by atoms with Gasteiger partial charge in [0.15, 0.2) is 0 Å². The lowest BCUT2D eigenvalue weighted by Crippen LogP contribution is -2.56. The highest BCUT2D eigenvalue weighted by Gasteiger charge is 2.40. The van der Waals surface area contributed by atoms with Crippen LogP contribution in [0.1, 0.15) is 23.2 Å². The molecule has 1 fully saturated rings. The van der Waals surface area contributed by atoms with E-state index in [9.17, 15) is 14.4 Å². The maximum atomic E-state index is 13.4. The summed E-state index contributed by atoms with van der Waals surface area (Å²) in [6.07, 6.45) is 2.53. The van der Waals surface area contributed by atoms with Crippen LogP contribution in [0.15, 0.2) is 55.1 Å². The monoisotopic (exact) mass is 434 g/mol. The third-order valence-electron chi connectivity index (χ3n) is 5.84. The molecule has 2 heterocycles. The molecule has 2 aromatic carbocycles. The van der Waals surface area contributed by atoms with Gasteiger partial charge in [-0.25, -0.2) is 4.79 Å². The molecule has 0 aromatic heterocycles. The molecule has 2 aromatic rings. The van der Waals surface area contributed by atoms with Crippen LogP contribution < -0.4 is 20.7 Å². The number of methoxy groups -OCH3 is 1. The number of hydrogen-bond acceptors (Lipinski definition) is 4. The summed E-state index contributed by atoms with van der Waals surface area (Å²) in [6.45, 7) is 4.31. The van der Waals surface area contributed by atoms with Gasteiger partial charge in [-0.3, -0.25) is 9.59 Å². The Bertz CT molecular complexity index is 1050. The van der Waals surface area contributed by atoms with Crippen molar-refractivity contribution in [2.75, 3.05) is 25.5 Å². The second kappa shape index (κ2) is 9.13. The quantitative estimate of drug-likeness (QED) is 0.630. The fourth-order valence-corrected chi connectivity index (χ4v) is 4.15. The van der Waals surface area contributed by atoms with Crippen molar-refractivity contribution in [3.63, 3.8) is 0 Å². The minimum atomic E-state index is -0.641. The van der Waals surface area contributed by atoms with E-state index >= 15 is 0 Å². The van der Waals surface area contributed by atoms with E-state index in [1.54, 1.807) is 24.2 Å². The number of benzene rings is 2. The zero-order valence-corrected chi connectivity index (χ0v) is 17.9. The van der Waals surface area contributed by atoms with E-state index in [0.717, 1.165) is 16.9 Å². The number of nitrogens with zero attached hydrogens (tertiary/aromatic N) is 1. The molecule has 2 aliphatic heterocycles. The SMILES string of the molecule is C=CCNC(=O)N[C@H]1CCN2C(=O)c3cc(-c4ccc(OC)cc4)ccc3NC(=O)[C@@H]2C1. The highest BCUT2D eigenvalue weighted by atomic mass is 16.5. The summed E-state index contributed by atoms with van der Waals surface area (Å²) in [6, 6.07) is 11.9. The van der Waals surface area contributed by atoms with Crippen molar-refractivity contribution in [3.05, 3.63) is 60.7 Å². The number of piperidine rings is 1. The molecule has 0 aliphatic carbocycles. The summed E-state index contributed by atoms with van der Waals surface area (Å²) >= 11 is 0. The molecule has 2 aliphatic rings. The molecule has 2 atom stereocenters. The van der Waals surface area contributed by atoms with E-state index in [1.807, 2.05) is 36.4 Å². The first-order valence-electron chi connectivity index (χ1n) is 10.6. The smallest absolute Gasteiger partial charge is 0.315 e. The highest BCUT2D eigenvalue weighted by Crippen LogP contribution is 2.32. The van der Waals surface area contributed by atoms with Crippen LogP contribution in [0.4, 0.5) is 10.5 Å². The van der Waals surface area contributed by atoms with Gasteiger partial charge in [0.1, 0.15) is 11.8 Å². The Hall–Kier alpha value is -3.81. The number of nitrogens with one attached hydrogen (secondary N) is 3. The molecule has 8 nitrogen and oxygen atoms in total.